The largest absolute Gasteiger partial charge is 0.505 e. The number of hydrogen-bond acceptors (Lipinski definition) is 20. The minimum atomic E-state index is -1.53. The summed E-state index contributed by atoms with van der Waals surface area (Å²) in [4.78, 5) is 155. The van der Waals surface area contributed by atoms with Crippen molar-refractivity contribution in [1.82, 2.24) is 50.8 Å². The van der Waals surface area contributed by atoms with Crippen LogP contribution in [0.3, 0.4) is 0 Å². The fraction of sp³-hybridized carbons (Fsp3) is 0.417. The van der Waals surface area contributed by atoms with Gasteiger partial charge in [0.25, 0.3) is 11.8 Å². The van der Waals surface area contributed by atoms with E-state index >= 15 is 0 Å². The molecule has 0 unspecified atom stereocenters. The predicted molar refractivity (Wildman–Crippen MR) is 298 cm³/mol. The highest BCUT2D eigenvalue weighted by Crippen LogP contribution is 2.30. The van der Waals surface area contributed by atoms with E-state index in [4.69, 9.17) is 0 Å². The number of aromatic nitrogens is 2. The van der Waals surface area contributed by atoms with Gasteiger partial charge in [-0.25, -0.2) is 9.97 Å². The van der Waals surface area contributed by atoms with Crippen molar-refractivity contribution in [1.29, 1.82) is 0 Å². The zero-order valence-electron chi connectivity index (χ0n) is 42.0. The molecule has 4 heterocycles. The molecular formula is C48H56N10O12S6. The maximum Gasteiger partial charge on any atom is 0.274 e. The van der Waals surface area contributed by atoms with Gasteiger partial charge in [0.05, 0.1) is 24.1 Å². The maximum absolute atomic E-state index is 14.7. The van der Waals surface area contributed by atoms with Crippen LogP contribution < -0.4 is 21.3 Å². The normalized spacial score (nSPS) is 22.8. The van der Waals surface area contributed by atoms with Gasteiger partial charge >= 0.3 is 0 Å². The Bertz CT molecular complexity index is 2710. The third-order valence-electron chi connectivity index (χ3n) is 12.3. The van der Waals surface area contributed by atoms with E-state index in [1.165, 1.54) is 73.6 Å². The number of aromatic hydroxyl groups is 2. The zero-order chi connectivity index (χ0) is 55.4. The van der Waals surface area contributed by atoms with Crippen molar-refractivity contribution in [3.8, 4) is 11.5 Å². The third kappa shape index (κ3) is 14.5. The molecule has 2 aromatic heterocycles. The zero-order valence-corrected chi connectivity index (χ0v) is 46.9. The molecule has 0 aliphatic carbocycles. The Morgan fingerprint density at radius 3 is 1.33 bits per heavy atom. The average molecular weight is 1160 g/mol. The molecule has 2 aromatic carbocycles. The Balaban J connectivity index is 1.36. The summed E-state index contributed by atoms with van der Waals surface area (Å²) in [5.41, 5.74) is -0.102. The fourth-order valence-electron chi connectivity index (χ4n) is 7.75. The summed E-state index contributed by atoms with van der Waals surface area (Å²) >= 11 is 3.71. The number of para-hydroxylation sites is 2. The van der Waals surface area contributed by atoms with E-state index in [0.29, 0.717) is 45.3 Å². The van der Waals surface area contributed by atoms with Crippen LogP contribution in [0.15, 0.2) is 60.7 Å². The van der Waals surface area contributed by atoms with Gasteiger partial charge < -0.3 is 51.1 Å². The number of fused-ring (bicyclic) bond motifs is 7. The lowest BCUT2D eigenvalue weighted by atomic mass is 10.1. The van der Waals surface area contributed by atoms with Crippen LogP contribution >= 0.6 is 68.6 Å². The molecule has 6 N–H and O–H groups in total. The number of amides is 8. The number of carbonyl (C=O) groups is 10. The monoisotopic (exact) mass is 1160 g/mol. The van der Waals surface area contributed by atoms with E-state index in [1.54, 1.807) is 61.0 Å². The number of benzene rings is 2. The van der Waals surface area contributed by atoms with Crippen molar-refractivity contribution in [3.63, 3.8) is 0 Å². The van der Waals surface area contributed by atoms with Gasteiger partial charge in [0.2, 0.25) is 45.7 Å². The second-order valence-corrected chi connectivity index (χ2v) is 23.7. The van der Waals surface area contributed by atoms with E-state index in [9.17, 15) is 58.2 Å². The highest BCUT2D eigenvalue weighted by molar-refractivity contribution is 8.76. The van der Waals surface area contributed by atoms with Gasteiger partial charge in [-0.2, -0.15) is 23.5 Å². The van der Waals surface area contributed by atoms with Crippen LogP contribution in [0.4, 0.5) is 0 Å². The van der Waals surface area contributed by atoms with Crippen LogP contribution in [0.25, 0.3) is 21.8 Å². The first-order chi connectivity index (χ1) is 36.2. The van der Waals surface area contributed by atoms with Gasteiger partial charge in [0, 0.05) is 73.5 Å². The van der Waals surface area contributed by atoms with E-state index in [1.807, 2.05) is 0 Å². The molecule has 4 aromatic rings. The minimum Gasteiger partial charge on any atom is -0.505 e. The Morgan fingerprint density at radius 2 is 0.961 bits per heavy atom. The van der Waals surface area contributed by atoms with Crippen LogP contribution in [-0.2, 0) is 38.4 Å². The summed E-state index contributed by atoms with van der Waals surface area (Å²) in [6.45, 7) is -1.39. The number of likely N-dealkylation sites (N-methyl/N-ethyl adjacent to an activating group) is 4. The van der Waals surface area contributed by atoms with E-state index in [-0.39, 0.29) is 23.0 Å². The lowest BCUT2D eigenvalue weighted by molar-refractivity contribution is -0.144. The number of pyridine rings is 2. The molecule has 2 aliphatic rings. The first kappa shape index (κ1) is 59.3. The second-order valence-electron chi connectivity index (χ2n) is 17.3. The Hall–Kier alpha value is -5.94. The fourth-order valence-corrected chi connectivity index (χ4v) is 13.9. The molecule has 0 saturated carbocycles. The van der Waals surface area contributed by atoms with E-state index in [0.717, 1.165) is 31.4 Å². The molecule has 6 rings (SSSR count). The van der Waals surface area contributed by atoms with Gasteiger partial charge in [-0.15, -0.1) is 0 Å². The topological polar surface area (TPSA) is 298 Å². The van der Waals surface area contributed by atoms with E-state index < -0.39 is 141 Å². The van der Waals surface area contributed by atoms with Crippen LogP contribution in [0.1, 0.15) is 21.0 Å². The average Bonchev–Trinajstić information content (AvgIpc) is 3.41. The molecular weight excluding hydrogens is 1100 g/mol. The number of thioether (sulfide) groups is 4. The SMILES string of the molecule is CSC[C@H]1C(=O)SC[C@@H](NC(=O)c2nc3ccccc3cc2O)C(=O)NCC(=O)N(C)[C@H]2CSSC[C@@H](C(=O)N1C)N(C)C(=O)CNC(=O)[C@H](NC(=O)c1nc3ccccc3cc1O)CSC(=O)[C@H](CSC)N(C)C2=O. The Kier molecular flexibility index (Phi) is 21.4. The minimum absolute atomic E-state index is 0.0598. The highest BCUT2D eigenvalue weighted by Gasteiger charge is 2.39. The van der Waals surface area contributed by atoms with Crippen LogP contribution in [-0.4, -0.2) is 222 Å². The molecule has 28 heteroatoms. The molecule has 0 spiro atoms. The lowest BCUT2D eigenvalue weighted by Crippen LogP contribution is -2.57. The quantitative estimate of drug-likeness (QED) is 0.136. The molecule has 22 nitrogen and oxygen atoms in total. The van der Waals surface area contributed by atoms with Gasteiger partial charge in [-0.3, -0.25) is 47.9 Å². The molecule has 8 amide bonds. The summed E-state index contributed by atoms with van der Waals surface area (Å²) in [6, 6.07) is 8.07. The molecule has 2 saturated heterocycles. The Labute approximate surface area is 462 Å². The number of carbonyl (C=O) groups excluding carboxylic acids is 10. The van der Waals surface area contributed by atoms with Gasteiger partial charge in [-0.1, -0.05) is 81.5 Å². The van der Waals surface area contributed by atoms with Crippen LogP contribution in [0.2, 0.25) is 0 Å². The summed E-state index contributed by atoms with van der Waals surface area (Å²) < 4.78 is 0. The first-order valence-corrected chi connectivity index (χ1v) is 30.5. The van der Waals surface area contributed by atoms with Crippen molar-refractivity contribution in [2.24, 2.45) is 0 Å². The van der Waals surface area contributed by atoms with Crippen molar-refractivity contribution in [3.05, 3.63) is 72.1 Å². The number of nitrogens with zero attached hydrogens (tertiary/aromatic N) is 6. The summed E-state index contributed by atoms with van der Waals surface area (Å²) in [5.74, 6) is -8.66. The Morgan fingerprint density at radius 1 is 0.592 bits per heavy atom. The molecule has 2 bridgehead atoms. The maximum atomic E-state index is 14.7. The molecule has 0 radical (unpaired) electrons. The van der Waals surface area contributed by atoms with Crippen molar-refractivity contribution in [2.75, 3.05) is 88.3 Å². The molecule has 6 atom stereocenters. The molecule has 406 valence electrons. The highest BCUT2D eigenvalue weighted by atomic mass is 33.1. The smallest absolute Gasteiger partial charge is 0.274 e. The molecule has 2 aliphatic heterocycles. The summed E-state index contributed by atoms with van der Waals surface area (Å²) in [6.07, 6.45) is 3.42. The number of nitrogens with one attached hydrogen (secondary N) is 4. The van der Waals surface area contributed by atoms with Crippen LogP contribution in [0.5, 0.6) is 11.5 Å². The van der Waals surface area contributed by atoms with Gasteiger partial charge in [-0.05, 0) is 36.8 Å². The number of rotatable bonds is 8. The standard InChI is InChI=1S/C48H56N10O12S6/c1-55-31-23-75-76-24-32(46(68)58(4)34(22-72-6)48(70)74-19-29(41(63)49-17-37(55)61)53-43(65)39-35(59)15-25-11-7-9-13-27(25)51-39)56(2)38(62)18-50-42(64)30(20-73-47(69)33(21-71-5)57(3)45(31)67)54-44(66)40-36(60)16-26-12-8-10-14-28(26)52-40/h7-16,29-34,59-60H,17-24H2,1-6H3,(H,49,63)(H,50,64)(H,53,65)(H,54,66)/t29-,30-,31+,32+,33+,34+/m1/s1. The molecule has 76 heavy (non-hydrogen) atoms. The first-order valence-electron chi connectivity index (χ1n) is 23.2. The van der Waals surface area contributed by atoms with E-state index in [2.05, 4.69) is 31.2 Å². The molecule has 2 fully saturated rings. The second kappa shape index (κ2) is 27.4. The van der Waals surface area contributed by atoms with Crippen molar-refractivity contribution >= 4 is 148 Å². The van der Waals surface area contributed by atoms with Crippen molar-refractivity contribution in [2.45, 2.75) is 36.3 Å². The third-order valence-corrected chi connectivity index (χ3v) is 18.1. The van der Waals surface area contributed by atoms with Crippen molar-refractivity contribution < 1.29 is 58.2 Å². The number of hydrogen-bond donors (Lipinski definition) is 6. The summed E-state index contributed by atoms with van der Waals surface area (Å²) in [5, 5.41) is 31.6. The predicted octanol–water partition coefficient (Wildman–Crippen LogP) is 1.29. The van der Waals surface area contributed by atoms with Gasteiger partial charge in [0.1, 0.15) is 47.8 Å². The van der Waals surface area contributed by atoms with Crippen LogP contribution in [0, 0.1) is 0 Å². The summed E-state index contributed by atoms with van der Waals surface area (Å²) in [7, 11) is 7.60. The van der Waals surface area contributed by atoms with Gasteiger partial charge in [0.15, 0.2) is 11.4 Å². The lowest BCUT2D eigenvalue weighted by Gasteiger charge is -2.35.